The van der Waals surface area contributed by atoms with Gasteiger partial charge in [0.1, 0.15) is 41.1 Å². The Morgan fingerprint density at radius 1 is 0.720 bits per heavy atom. The normalized spacial score (nSPS) is 13.5. The van der Waals surface area contributed by atoms with Gasteiger partial charge in [0, 0.05) is 91.3 Å². The van der Waals surface area contributed by atoms with Gasteiger partial charge < -0.3 is 92.1 Å². The first-order valence-corrected chi connectivity index (χ1v) is 36.9. The Kier molecular flexibility index (Phi) is 33.9. The zero-order valence-electron chi connectivity index (χ0n) is 59.6. The number of urea groups is 3. The number of nitrogens with two attached hydrogens (primary N) is 1. The number of halogens is 2. The van der Waals surface area contributed by atoms with E-state index in [4.69, 9.17) is 29.4 Å². The Balaban J connectivity index is 0.0000179. The molecule has 2 heterocycles. The smallest absolute Gasteiger partial charge is 0.550 e. The SMILES string of the molecule is CCCNC(=O)Nc1cccc(S(=O)(=O)Nc2cccc([C@H](CC(=O)[O-])NC(=O)Nc3ccc(NC(=O)NCCOCCOCCOCCC(=O)N[C@@H](C)C(=O)N(C)[C@@H](C)C(=O)N[C@@H](CC(=O)N=[S@@](C)(=O)Cc4cc5cc(c4)OCCCCOc4cc(F)ccc4-c4nc(ncc4F)N5)C(N)=O)cc3)c2)c1.[Na+]. The summed E-state index contributed by atoms with van der Waals surface area (Å²) >= 11 is 0. The van der Waals surface area contributed by atoms with Crippen molar-refractivity contribution in [2.45, 2.75) is 94.1 Å². The van der Waals surface area contributed by atoms with Crippen LogP contribution in [-0.4, -0.2) is 178 Å². The Morgan fingerprint density at radius 3 is 2.04 bits per heavy atom. The van der Waals surface area contributed by atoms with E-state index >= 15 is 4.39 Å². The molecule has 0 spiro atoms. The monoisotopic (exact) mass is 1540 g/mol. The summed E-state index contributed by atoms with van der Waals surface area (Å²) < 4.78 is 105. The summed E-state index contributed by atoms with van der Waals surface area (Å²) in [6, 6.07) is 18.7. The van der Waals surface area contributed by atoms with Crippen LogP contribution < -0.4 is 102 Å². The van der Waals surface area contributed by atoms with Gasteiger partial charge in [-0.1, -0.05) is 25.1 Å². The molecule has 33 nitrogen and oxygen atoms in total. The molecule has 0 radical (unpaired) electrons. The quantitative estimate of drug-likeness (QED) is 0.0204. The molecule has 0 fully saturated rings. The second-order valence-electron chi connectivity index (χ2n) is 24.0. The van der Waals surface area contributed by atoms with Crippen LogP contribution in [0.1, 0.15) is 76.5 Å². The van der Waals surface area contributed by atoms with Crippen LogP contribution >= 0.6 is 0 Å². The molecular formula is C69H84F2N15NaO18S2. The molecule has 4 bridgehead atoms. The number of rotatable bonds is 34. The number of carbonyl (C=O) groups excluding carboxylic acids is 9. The van der Waals surface area contributed by atoms with Crippen LogP contribution in [-0.2, 0) is 68.5 Å². The van der Waals surface area contributed by atoms with Crippen LogP contribution in [0.3, 0.4) is 0 Å². The molecule has 1 aromatic heterocycles. The van der Waals surface area contributed by atoms with Gasteiger partial charge in [0.15, 0.2) is 5.82 Å². The van der Waals surface area contributed by atoms with E-state index in [1.54, 1.807) is 18.2 Å². The summed E-state index contributed by atoms with van der Waals surface area (Å²) in [5.41, 5.74) is 7.49. The van der Waals surface area contributed by atoms with Gasteiger partial charge in [-0.2, -0.15) is 4.36 Å². The van der Waals surface area contributed by atoms with E-state index in [1.165, 1.54) is 106 Å². The Morgan fingerprint density at radius 2 is 1.36 bits per heavy atom. The number of benzene rings is 5. The number of carboxylic acids is 1. The van der Waals surface area contributed by atoms with E-state index in [0.717, 1.165) is 23.2 Å². The molecule has 0 unspecified atom stereocenters. The van der Waals surface area contributed by atoms with Gasteiger partial charge in [0.05, 0.1) is 91.9 Å². The van der Waals surface area contributed by atoms with Crippen molar-refractivity contribution >= 4 is 108 Å². The van der Waals surface area contributed by atoms with Crippen molar-refractivity contribution in [2.24, 2.45) is 10.1 Å². The van der Waals surface area contributed by atoms with Gasteiger partial charge in [-0.25, -0.2) is 45.8 Å². The van der Waals surface area contributed by atoms with Gasteiger partial charge in [0.2, 0.25) is 29.6 Å². The number of likely N-dealkylation sites (N-methyl/N-ethyl adjacent to an activating group) is 1. The number of primary amides is 1. The van der Waals surface area contributed by atoms with E-state index in [-0.39, 0.29) is 152 Å². The number of anilines is 6. The topological polar surface area (TPSA) is 462 Å². The Labute approximate surface area is 638 Å². The Bertz CT molecular complexity index is 4370. The van der Waals surface area contributed by atoms with Gasteiger partial charge in [-0.3, -0.25) is 28.7 Å². The van der Waals surface area contributed by atoms with Crippen LogP contribution in [0.25, 0.3) is 11.3 Å². The minimum Gasteiger partial charge on any atom is -0.550 e. The standard InChI is InChI=1S/C69H85F2N15O18S2.Na/c1-6-22-73-67(94)80-49-12-10-14-53(37-49)106(98,99)84-50-13-9-11-45(34-50)56(39-61(89)90)82-69(96)79-48-18-16-47(17-19-48)78-68(95)74-23-27-101-29-31-102-30-28-100-26-21-59(87)76-42(2)65(93)86(4)43(3)64(92)81-57(63(72)91)38-60(88)85-105(5,97)41-44-32-51-36-52(33-44)103-24-7-8-25-104-58-35-46(70)15-20-54(58)62-55(71)40-75-66(77-51)83-62;/h9-20,32-37,40,42-43,56-57,84H,6-8,21-31,38-39,41H2,1-5H3,(H2,72,91)(H,76,87)(H,81,92)(H,89,90)(H2,73,80,94)(H2,74,78,95)(H,75,77,83)(H2,79,82,96);/q;+1/p-1/t42-,43-,56-,57-,105-;/m0./s1. The number of amides is 11. The maximum Gasteiger partial charge on any atom is 1.00 e. The summed E-state index contributed by atoms with van der Waals surface area (Å²) in [6.07, 6.45) is 2.26. The Hall–Kier alpha value is -10.2. The summed E-state index contributed by atoms with van der Waals surface area (Å²) in [5, 5.41) is 35.2. The van der Waals surface area contributed by atoms with Crippen molar-refractivity contribution in [1.29, 1.82) is 0 Å². The van der Waals surface area contributed by atoms with Crippen molar-refractivity contribution in [3.05, 3.63) is 138 Å². The molecule has 1 aliphatic heterocycles. The predicted octanol–water partition coefficient (Wildman–Crippen LogP) is 2.15. The minimum atomic E-state index is -4.20. The number of fused-ring (bicyclic) bond motifs is 6. The fourth-order valence-corrected chi connectivity index (χ4v) is 12.5. The third kappa shape index (κ3) is 28.9. The maximum atomic E-state index is 15.1. The number of aromatic nitrogens is 2. The van der Waals surface area contributed by atoms with Crippen LogP contribution in [0.2, 0.25) is 0 Å². The number of ether oxygens (including phenoxy) is 5. The van der Waals surface area contributed by atoms with Crippen molar-refractivity contribution in [3.8, 4) is 22.8 Å². The molecule has 7 rings (SSSR count). The molecule has 6 aromatic rings. The van der Waals surface area contributed by atoms with Gasteiger partial charge in [-0.05, 0) is 123 Å². The van der Waals surface area contributed by atoms with Crippen LogP contribution in [0.4, 0.5) is 57.5 Å². The number of sulfonamides is 1. The zero-order chi connectivity index (χ0) is 76.9. The number of nitrogens with zero attached hydrogens (tertiary/aromatic N) is 4. The molecule has 38 heteroatoms. The maximum absolute atomic E-state index is 15.1. The predicted molar refractivity (Wildman–Crippen MR) is 384 cm³/mol. The third-order valence-corrected chi connectivity index (χ3v) is 18.2. The number of aliphatic carboxylic acids is 1. The van der Waals surface area contributed by atoms with Crippen molar-refractivity contribution < 1.29 is 123 Å². The van der Waals surface area contributed by atoms with Crippen molar-refractivity contribution in [1.82, 2.24) is 41.5 Å². The number of hydrogen-bond donors (Lipinski definition) is 11. The number of nitrogens with one attached hydrogen (secondary N) is 10. The molecule has 11 amide bonds. The molecular weight excluding hydrogens is 1450 g/mol. The molecule has 12 N–H and O–H groups in total. The second-order valence-corrected chi connectivity index (χ2v) is 28.1. The van der Waals surface area contributed by atoms with E-state index in [9.17, 15) is 65.3 Å². The minimum absolute atomic E-state index is 0. The summed E-state index contributed by atoms with van der Waals surface area (Å²) in [5.74, 6) is -7.08. The summed E-state index contributed by atoms with van der Waals surface area (Å²) in [7, 11) is -6.31. The summed E-state index contributed by atoms with van der Waals surface area (Å²) in [6.45, 7) is 6.28. The molecule has 570 valence electrons. The summed E-state index contributed by atoms with van der Waals surface area (Å²) in [4.78, 5) is 124. The molecule has 0 saturated carbocycles. The van der Waals surface area contributed by atoms with E-state index in [1.807, 2.05) is 6.92 Å². The third-order valence-electron chi connectivity index (χ3n) is 15.4. The molecule has 5 aromatic carbocycles. The van der Waals surface area contributed by atoms with Crippen LogP contribution in [0, 0.1) is 11.6 Å². The second kappa shape index (κ2) is 42.3. The fraction of sp³-hybridized carbons (Fsp3) is 0.377. The molecule has 5 atom stereocenters. The molecule has 107 heavy (non-hydrogen) atoms. The van der Waals surface area contributed by atoms with Crippen LogP contribution in [0.15, 0.2) is 125 Å². The molecule has 0 saturated heterocycles. The first-order chi connectivity index (χ1) is 50.5. The first-order valence-electron chi connectivity index (χ1n) is 33.3. The largest absolute Gasteiger partial charge is 1.00 e. The average molecular weight is 1540 g/mol. The average Bonchev–Trinajstić information content (AvgIpc) is 1.28. The van der Waals surface area contributed by atoms with Gasteiger partial charge in [-0.15, -0.1) is 0 Å². The van der Waals surface area contributed by atoms with E-state index < -0.39 is 122 Å². The fourth-order valence-electron chi connectivity index (χ4n) is 10.1. The van der Waals surface area contributed by atoms with Crippen LogP contribution in [0.5, 0.6) is 11.5 Å². The van der Waals surface area contributed by atoms with Crippen molar-refractivity contribution in [2.75, 3.05) is 105 Å². The number of carbonyl (C=O) groups is 9. The molecule has 0 aliphatic carbocycles. The van der Waals surface area contributed by atoms with E-state index in [0.29, 0.717) is 48.5 Å². The van der Waals surface area contributed by atoms with Gasteiger partial charge in [0.25, 0.3) is 15.9 Å². The van der Waals surface area contributed by atoms with Gasteiger partial charge >= 0.3 is 47.7 Å². The number of carboxylic acid groups (broad SMARTS) is 1. The van der Waals surface area contributed by atoms with E-state index in [2.05, 4.69) is 66.9 Å². The zero-order valence-corrected chi connectivity index (χ0v) is 63.2. The number of hydrogen-bond acceptors (Lipinski definition) is 21. The van der Waals surface area contributed by atoms with Crippen molar-refractivity contribution in [3.63, 3.8) is 0 Å². The molecule has 1 aliphatic rings. The first kappa shape index (κ1) is 85.8.